The number of carbonyl (C=O) groups excluding carboxylic acids is 2. The van der Waals surface area contributed by atoms with Gasteiger partial charge in [0.25, 0.3) is 5.91 Å². The van der Waals surface area contributed by atoms with E-state index in [1.165, 1.54) is 6.20 Å². The minimum absolute atomic E-state index is 0.124. The summed E-state index contributed by atoms with van der Waals surface area (Å²) in [6.45, 7) is 1.81. The second-order valence-corrected chi connectivity index (χ2v) is 5.89. The molecule has 1 unspecified atom stereocenters. The Hall–Kier alpha value is -3.75. The molecule has 0 aliphatic carbocycles. The van der Waals surface area contributed by atoms with Gasteiger partial charge in [-0.1, -0.05) is 13.0 Å². The molecule has 2 heterocycles. The molecule has 3 aromatic rings. The van der Waals surface area contributed by atoms with Crippen LogP contribution in [0.25, 0.3) is 10.8 Å². The lowest BCUT2D eigenvalue weighted by atomic mass is 10.1. The Kier molecular flexibility index (Phi) is 5.11. The molecular weight excluding hydrogens is 346 g/mol. The number of hydrogen-bond acceptors (Lipinski definition) is 7. The second kappa shape index (κ2) is 7.65. The minimum atomic E-state index is -0.673. The molecular formula is C18H19N7O2. The molecule has 3 rings (SSSR count). The maximum atomic E-state index is 11.7. The predicted molar refractivity (Wildman–Crippen MR) is 102 cm³/mol. The van der Waals surface area contributed by atoms with E-state index in [2.05, 4.69) is 25.6 Å². The van der Waals surface area contributed by atoms with Gasteiger partial charge in [0.2, 0.25) is 11.9 Å². The molecule has 2 aromatic heterocycles. The molecule has 0 saturated carbocycles. The van der Waals surface area contributed by atoms with Crippen LogP contribution in [-0.4, -0.2) is 32.8 Å². The van der Waals surface area contributed by atoms with E-state index in [1.807, 2.05) is 31.2 Å². The zero-order valence-corrected chi connectivity index (χ0v) is 14.6. The summed E-state index contributed by atoms with van der Waals surface area (Å²) in [5.74, 6) is -0.803. The molecule has 9 heteroatoms. The van der Waals surface area contributed by atoms with E-state index < -0.39 is 17.9 Å². The van der Waals surface area contributed by atoms with Gasteiger partial charge in [0.1, 0.15) is 17.4 Å². The molecule has 0 spiro atoms. The number of nitrogens with two attached hydrogens (primary N) is 2. The average Bonchev–Trinajstić information content (AvgIpc) is 2.65. The average molecular weight is 365 g/mol. The number of anilines is 3. The van der Waals surface area contributed by atoms with Crippen molar-refractivity contribution >= 4 is 40.0 Å². The maximum absolute atomic E-state index is 11.7. The molecule has 1 atom stereocenters. The standard InChI is InChI=1S/C18H19N7O2/c1-2-14(16(20)27)24-18-22-9-13(15(19)26)17(25-18)23-12-4-3-10-5-6-21-8-11(10)7-12/h3-9,14H,2H2,1H3,(H2,19,26)(H2,20,27)(H2,22,23,24,25). The van der Waals surface area contributed by atoms with Crippen LogP contribution >= 0.6 is 0 Å². The zero-order chi connectivity index (χ0) is 19.4. The van der Waals surface area contributed by atoms with Crippen molar-refractivity contribution in [2.45, 2.75) is 19.4 Å². The van der Waals surface area contributed by atoms with Crippen molar-refractivity contribution in [1.29, 1.82) is 0 Å². The summed E-state index contributed by atoms with van der Waals surface area (Å²) >= 11 is 0. The van der Waals surface area contributed by atoms with Crippen molar-refractivity contribution in [3.63, 3.8) is 0 Å². The summed E-state index contributed by atoms with van der Waals surface area (Å²) in [4.78, 5) is 35.6. The molecule has 1 aromatic carbocycles. The molecule has 9 nitrogen and oxygen atoms in total. The largest absolute Gasteiger partial charge is 0.368 e. The summed E-state index contributed by atoms with van der Waals surface area (Å²) < 4.78 is 0. The van der Waals surface area contributed by atoms with Crippen LogP contribution in [-0.2, 0) is 4.79 Å². The van der Waals surface area contributed by atoms with Crippen LogP contribution in [0.15, 0.2) is 42.9 Å². The molecule has 0 saturated heterocycles. The molecule has 2 amide bonds. The predicted octanol–water partition coefficient (Wildman–Crippen LogP) is 1.54. The number of carbonyl (C=O) groups is 2. The molecule has 138 valence electrons. The van der Waals surface area contributed by atoms with Gasteiger partial charge in [-0.25, -0.2) is 4.98 Å². The van der Waals surface area contributed by atoms with E-state index in [1.54, 1.807) is 12.4 Å². The van der Waals surface area contributed by atoms with Gasteiger partial charge < -0.3 is 22.1 Å². The van der Waals surface area contributed by atoms with Gasteiger partial charge in [0.05, 0.1) is 0 Å². The highest BCUT2D eigenvalue weighted by atomic mass is 16.1. The first-order valence-corrected chi connectivity index (χ1v) is 8.31. The van der Waals surface area contributed by atoms with Crippen LogP contribution in [0.4, 0.5) is 17.5 Å². The van der Waals surface area contributed by atoms with Gasteiger partial charge in [0.15, 0.2) is 0 Å². The number of nitrogens with one attached hydrogen (secondary N) is 2. The first kappa shape index (κ1) is 18.1. The van der Waals surface area contributed by atoms with Crippen molar-refractivity contribution in [2.75, 3.05) is 10.6 Å². The van der Waals surface area contributed by atoms with Crippen LogP contribution in [0.3, 0.4) is 0 Å². The third kappa shape index (κ3) is 4.09. The summed E-state index contributed by atoms with van der Waals surface area (Å²) in [6, 6.07) is 6.92. The van der Waals surface area contributed by atoms with Crippen LogP contribution < -0.4 is 22.1 Å². The monoisotopic (exact) mass is 365 g/mol. The van der Waals surface area contributed by atoms with Crippen molar-refractivity contribution < 1.29 is 9.59 Å². The Morgan fingerprint density at radius 3 is 2.67 bits per heavy atom. The number of benzene rings is 1. The van der Waals surface area contributed by atoms with E-state index >= 15 is 0 Å². The normalized spacial score (nSPS) is 11.7. The number of hydrogen-bond donors (Lipinski definition) is 4. The van der Waals surface area contributed by atoms with E-state index in [0.717, 1.165) is 10.8 Å². The first-order chi connectivity index (χ1) is 13.0. The highest BCUT2D eigenvalue weighted by molar-refractivity contribution is 5.98. The lowest BCUT2D eigenvalue weighted by Gasteiger charge is -2.15. The number of nitrogens with zero attached hydrogens (tertiary/aromatic N) is 3. The van der Waals surface area contributed by atoms with Gasteiger partial charge in [-0.2, -0.15) is 4.98 Å². The highest BCUT2D eigenvalue weighted by Gasteiger charge is 2.17. The third-order valence-electron chi connectivity index (χ3n) is 4.01. The van der Waals surface area contributed by atoms with Crippen molar-refractivity contribution in [1.82, 2.24) is 15.0 Å². The quantitative estimate of drug-likeness (QED) is 0.496. The SMILES string of the molecule is CCC(Nc1ncc(C(N)=O)c(Nc2ccc3ccncc3c2)n1)C(N)=O. The lowest BCUT2D eigenvalue weighted by Crippen LogP contribution is -2.35. The van der Waals surface area contributed by atoms with Crippen molar-refractivity contribution in [3.8, 4) is 0 Å². The van der Waals surface area contributed by atoms with Crippen molar-refractivity contribution in [3.05, 3.63) is 48.4 Å². The minimum Gasteiger partial charge on any atom is -0.368 e. The fraction of sp³-hybridized carbons (Fsp3) is 0.167. The van der Waals surface area contributed by atoms with Gasteiger partial charge in [-0.05, 0) is 30.0 Å². The number of rotatable bonds is 7. The zero-order valence-electron chi connectivity index (χ0n) is 14.6. The summed E-state index contributed by atoms with van der Waals surface area (Å²) in [5.41, 5.74) is 11.6. The molecule has 0 fully saturated rings. The Morgan fingerprint density at radius 1 is 1.15 bits per heavy atom. The topological polar surface area (TPSA) is 149 Å². The Morgan fingerprint density at radius 2 is 1.96 bits per heavy atom. The van der Waals surface area contributed by atoms with E-state index in [9.17, 15) is 9.59 Å². The van der Waals surface area contributed by atoms with E-state index in [4.69, 9.17) is 11.5 Å². The van der Waals surface area contributed by atoms with Crippen LogP contribution in [0.1, 0.15) is 23.7 Å². The van der Waals surface area contributed by atoms with Crippen LogP contribution in [0.5, 0.6) is 0 Å². The summed E-state index contributed by atoms with van der Waals surface area (Å²) in [5, 5.41) is 7.88. The first-order valence-electron chi connectivity index (χ1n) is 8.31. The van der Waals surface area contributed by atoms with Gasteiger partial charge in [-0.15, -0.1) is 0 Å². The number of fused-ring (bicyclic) bond motifs is 1. The van der Waals surface area contributed by atoms with Gasteiger partial charge in [0, 0.05) is 29.7 Å². The number of aromatic nitrogens is 3. The highest BCUT2D eigenvalue weighted by Crippen LogP contribution is 2.23. The van der Waals surface area contributed by atoms with Gasteiger partial charge in [-0.3, -0.25) is 14.6 Å². The smallest absolute Gasteiger partial charge is 0.254 e. The number of pyridine rings is 1. The number of primary amides is 2. The van der Waals surface area contributed by atoms with E-state index in [0.29, 0.717) is 12.1 Å². The number of amides is 2. The molecule has 6 N–H and O–H groups in total. The summed E-state index contributed by atoms with van der Waals surface area (Å²) in [6.07, 6.45) is 5.22. The maximum Gasteiger partial charge on any atom is 0.254 e. The fourth-order valence-corrected chi connectivity index (χ4v) is 2.56. The molecule has 27 heavy (non-hydrogen) atoms. The Balaban J connectivity index is 1.94. The van der Waals surface area contributed by atoms with E-state index in [-0.39, 0.29) is 17.3 Å². The second-order valence-electron chi connectivity index (χ2n) is 5.89. The fourth-order valence-electron chi connectivity index (χ4n) is 2.56. The van der Waals surface area contributed by atoms with Crippen LogP contribution in [0.2, 0.25) is 0 Å². The molecule has 0 bridgehead atoms. The molecule has 0 radical (unpaired) electrons. The Bertz CT molecular complexity index is 1010. The third-order valence-corrected chi connectivity index (χ3v) is 4.01. The van der Waals surface area contributed by atoms with Crippen LogP contribution in [0, 0.1) is 0 Å². The Labute approximate surface area is 155 Å². The van der Waals surface area contributed by atoms with Crippen molar-refractivity contribution in [2.24, 2.45) is 11.5 Å². The summed E-state index contributed by atoms with van der Waals surface area (Å²) in [7, 11) is 0. The lowest BCUT2D eigenvalue weighted by molar-refractivity contribution is -0.118. The molecule has 0 aliphatic heterocycles. The van der Waals surface area contributed by atoms with Gasteiger partial charge >= 0.3 is 0 Å². The molecule has 0 aliphatic rings.